The van der Waals surface area contributed by atoms with Crippen LogP contribution in [0.15, 0.2) is 24.3 Å². The molecule has 1 rings (SSSR count). The molecule has 21 heavy (non-hydrogen) atoms. The van der Waals surface area contributed by atoms with E-state index in [1.165, 1.54) is 0 Å². The summed E-state index contributed by atoms with van der Waals surface area (Å²) in [7, 11) is 0. The standard InChI is InChI=1S/C15H21ClF3NS/c1-14(2,3)20-10-11(8-9-21-15(17,18)19)12-6-4-5-7-13(12)16/h4-7,11,20H,8-10H2,1-3H3. The monoisotopic (exact) mass is 339 g/mol. The van der Waals surface area contributed by atoms with E-state index < -0.39 is 5.51 Å². The highest BCUT2D eigenvalue weighted by Crippen LogP contribution is 2.34. The lowest BCUT2D eigenvalue weighted by Crippen LogP contribution is -2.38. The molecule has 0 amide bonds. The predicted molar refractivity (Wildman–Crippen MR) is 85.1 cm³/mol. The van der Waals surface area contributed by atoms with E-state index in [4.69, 9.17) is 11.6 Å². The number of alkyl halides is 3. The molecule has 1 aromatic carbocycles. The van der Waals surface area contributed by atoms with Crippen LogP contribution in [0.5, 0.6) is 0 Å². The van der Waals surface area contributed by atoms with E-state index in [0.717, 1.165) is 5.56 Å². The zero-order valence-electron chi connectivity index (χ0n) is 12.4. The van der Waals surface area contributed by atoms with Crippen molar-refractivity contribution in [2.24, 2.45) is 0 Å². The van der Waals surface area contributed by atoms with Gasteiger partial charge in [0, 0.05) is 22.9 Å². The van der Waals surface area contributed by atoms with Crippen LogP contribution in [0.2, 0.25) is 5.02 Å². The molecule has 0 aromatic heterocycles. The Morgan fingerprint density at radius 1 is 1.19 bits per heavy atom. The molecule has 1 nitrogen and oxygen atoms in total. The molecule has 0 radical (unpaired) electrons. The minimum Gasteiger partial charge on any atom is -0.311 e. The molecule has 1 atom stereocenters. The summed E-state index contributed by atoms with van der Waals surface area (Å²) < 4.78 is 36.9. The van der Waals surface area contributed by atoms with Crippen molar-refractivity contribution in [3.05, 3.63) is 34.9 Å². The Labute approximate surface area is 133 Å². The Morgan fingerprint density at radius 3 is 2.33 bits per heavy atom. The average molecular weight is 340 g/mol. The fourth-order valence-corrected chi connectivity index (χ4v) is 2.84. The lowest BCUT2D eigenvalue weighted by Gasteiger charge is -2.26. The molecule has 0 aliphatic carbocycles. The van der Waals surface area contributed by atoms with E-state index in [1.807, 2.05) is 39.0 Å². The van der Waals surface area contributed by atoms with Crippen molar-refractivity contribution in [2.75, 3.05) is 12.3 Å². The van der Waals surface area contributed by atoms with Gasteiger partial charge in [0.1, 0.15) is 0 Å². The fraction of sp³-hybridized carbons (Fsp3) is 0.600. The SMILES string of the molecule is CC(C)(C)NCC(CCSC(F)(F)F)c1ccccc1Cl. The van der Waals surface area contributed by atoms with Gasteiger partial charge in [-0.1, -0.05) is 41.6 Å². The van der Waals surface area contributed by atoms with Crippen LogP contribution < -0.4 is 5.32 Å². The van der Waals surface area contributed by atoms with Crippen molar-refractivity contribution in [1.29, 1.82) is 0 Å². The quantitative estimate of drug-likeness (QED) is 0.739. The summed E-state index contributed by atoms with van der Waals surface area (Å²) in [6, 6.07) is 7.35. The highest BCUT2D eigenvalue weighted by atomic mass is 35.5. The molecular formula is C15H21ClF3NS. The molecular weight excluding hydrogens is 319 g/mol. The second kappa shape index (κ2) is 7.75. The van der Waals surface area contributed by atoms with Gasteiger partial charge in [-0.25, -0.2) is 0 Å². The van der Waals surface area contributed by atoms with Crippen LogP contribution in [-0.4, -0.2) is 23.3 Å². The van der Waals surface area contributed by atoms with Crippen molar-refractivity contribution < 1.29 is 13.2 Å². The third-order valence-electron chi connectivity index (χ3n) is 2.96. The van der Waals surface area contributed by atoms with Gasteiger partial charge in [-0.2, -0.15) is 13.2 Å². The average Bonchev–Trinajstić information content (AvgIpc) is 2.32. The van der Waals surface area contributed by atoms with E-state index in [9.17, 15) is 13.2 Å². The molecule has 0 aliphatic heterocycles. The molecule has 1 unspecified atom stereocenters. The third kappa shape index (κ3) is 7.98. The first-order chi connectivity index (χ1) is 9.58. The highest BCUT2D eigenvalue weighted by molar-refractivity contribution is 8.00. The topological polar surface area (TPSA) is 12.0 Å². The molecule has 0 fully saturated rings. The van der Waals surface area contributed by atoms with Crippen LogP contribution in [0, 0.1) is 0 Å². The lowest BCUT2D eigenvalue weighted by atomic mass is 9.95. The van der Waals surface area contributed by atoms with Gasteiger partial charge in [0.2, 0.25) is 0 Å². The van der Waals surface area contributed by atoms with E-state index in [0.29, 0.717) is 18.0 Å². The lowest BCUT2D eigenvalue weighted by molar-refractivity contribution is -0.0328. The van der Waals surface area contributed by atoms with Gasteiger partial charge < -0.3 is 5.32 Å². The number of thioether (sulfide) groups is 1. The Bertz CT molecular complexity index is 443. The number of halogens is 4. The van der Waals surface area contributed by atoms with Crippen LogP contribution in [0.3, 0.4) is 0 Å². The van der Waals surface area contributed by atoms with Gasteiger partial charge in [0.25, 0.3) is 0 Å². The van der Waals surface area contributed by atoms with Crippen molar-refractivity contribution in [3.8, 4) is 0 Å². The van der Waals surface area contributed by atoms with Gasteiger partial charge in [-0.3, -0.25) is 0 Å². The Kier molecular flexibility index (Phi) is 6.88. The van der Waals surface area contributed by atoms with Gasteiger partial charge in [0.05, 0.1) is 0 Å². The maximum atomic E-state index is 12.3. The molecule has 1 N–H and O–H groups in total. The number of benzene rings is 1. The molecule has 1 aromatic rings. The van der Waals surface area contributed by atoms with Gasteiger partial charge in [0.15, 0.2) is 0 Å². The largest absolute Gasteiger partial charge is 0.441 e. The van der Waals surface area contributed by atoms with Crippen LogP contribution in [0.1, 0.15) is 38.7 Å². The van der Waals surface area contributed by atoms with Gasteiger partial charge >= 0.3 is 5.51 Å². The van der Waals surface area contributed by atoms with Crippen molar-refractivity contribution in [2.45, 2.75) is 44.2 Å². The Balaban J connectivity index is 2.73. The van der Waals surface area contributed by atoms with E-state index >= 15 is 0 Å². The van der Waals surface area contributed by atoms with Crippen molar-refractivity contribution in [1.82, 2.24) is 5.32 Å². The second-order valence-corrected chi connectivity index (χ2v) is 7.50. The van der Waals surface area contributed by atoms with Gasteiger partial charge in [-0.15, -0.1) is 0 Å². The minimum absolute atomic E-state index is 0.0249. The summed E-state index contributed by atoms with van der Waals surface area (Å²) in [5.41, 5.74) is -3.36. The maximum Gasteiger partial charge on any atom is 0.441 e. The van der Waals surface area contributed by atoms with Crippen LogP contribution in [0.4, 0.5) is 13.2 Å². The zero-order chi connectivity index (χ0) is 16.1. The van der Waals surface area contributed by atoms with E-state index in [2.05, 4.69) is 5.32 Å². The summed E-state index contributed by atoms with van der Waals surface area (Å²) in [5.74, 6) is -0.00152. The predicted octanol–water partition coefficient (Wildman–Crippen LogP) is 5.45. The first-order valence-corrected chi connectivity index (χ1v) is 8.15. The molecule has 0 aliphatic rings. The smallest absolute Gasteiger partial charge is 0.311 e. The Morgan fingerprint density at radius 2 is 1.81 bits per heavy atom. The fourth-order valence-electron chi connectivity index (χ4n) is 1.92. The van der Waals surface area contributed by atoms with Crippen molar-refractivity contribution in [3.63, 3.8) is 0 Å². The van der Waals surface area contributed by atoms with Crippen molar-refractivity contribution >= 4 is 23.4 Å². The van der Waals surface area contributed by atoms with Gasteiger partial charge in [-0.05, 0) is 44.7 Å². The molecule has 120 valence electrons. The summed E-state index contributed by atoms with van der Waals surface area (Å²) >= 11 is 6.21. The summed E-state index contributed by atoms with van der Waals surface area (Å²) in [5, 5.41) is 3.95. The maximum absolute atomic E-state index is 12.3. The minimum atomic E-state index is -4.18. The normalized spacial score (nSPS) is 14.2. The van der Waals surface area contributed by atoms with Crippen LogP contribution in [0.25, 0.3) is 0 Å². The Hall–Kier alpha value is -0.390. The molecule has 6 heteroatoms. The first-order valence-electron chi connectivity index (χ1n) is 6.78. The number of rotatable bonds is 6. The third-order valence-corrected chi connectivity index (χ3v) is 4.07. The molecule has 0 heterocycles. The summed E-state index contributed by atoms with van der Waals surface area (Å²) in [6.45, 7) is 6.69. The second-order valence-electron chi connectivity index (χ2n) is 5.93. The number of nitrogens with one attached hydrogen (secondary N) is 1. The molecule has 0 spiro atoms. The van der Waals surface area contributed by atoms with Crippen LogP contribution in [-0.2, 0) is 0 Å². The zero-order valence-corrected chi connectivity index (χ0v) is 14.0. The highest BCUT2D eigenvalue weighted by Gasteiger charge is 2.28. The number of hydrogen-bond donors (Lipinski definition) is 1. The summed E-state index contributed by atoms with van der Waals surface area (Å²) in [6.07, 6.45) is 0.428. The van der Waals surface area contributed by atoms with Crippen LogP contribution >= 0.6 is 23.4 Å². The van der Waals surface area contributed by atoms with E-state index in [-0.39, 0.29) is 29.0 Å². The molecule has 0 bridgehead atoms. The molecule has 0 saturated carbocycles. The molecule has 0 saturated heterocycles. The first kappa shape index (κ1) is 18.7. The number of hydrogen-bond acceptors (Lipinski definition) is 2. The summed E-state index contributed by atoms with van der Waals surface area (Å²) in [4.78, 5) is 0. The van der Waals surface area contributed by atoms with E-state index in [1.54, 1.807) is 6.07 Å².